The molecule has 0 unspecified atom stereocenters. The molecule has 0 aliphatic heterocycles. The van der Waals surface area contributed by atoms with E-state index in [1.807, 2.05) is 36.4 Å². The lowest BCUT2D eigenvalue weighted by atomic mass is 9.98. The molecule has 1 aliphatic rings. The Kier molecular flexibility index (Phi) is 6.87. The fourth-order valence-corrected chi connectivity index (χ4v) is 3.84. The summed E-state index contributed by atoms with van der Waals surface area (Å²) in [6, 6.07) is 15.0. The second-order valence-corrected chi connectivity index (χ2v) is 9.05. The van der Waals surface area contributed by atoms with E-state index in [9.17, 15) is 14.4 Å². The van der Waals surface area contributed by atoms with Crippen molar-refractivity contribution in [3.05, 3.63) is 59.7 Å². The van der Waals surface area contributed by atoms with Gasteiger partial charge < -0.3 is 19.7 Å². The van der Waals surface area contributed by atoms with E-state index in [0.29, 0.717) is 0 Å². The number of nitrogens with one attached hydrogen (secondary N) is 1. The third-order valence-electron chi connectivity index (χ3n) is 5.17. The monoisotopic (exact) mass is 438 g/mol. The van der Waals surface area contributed by atoms with Gasteiger partial charge in [0.2, 0.25) is 5.91 Å². The SMILES string of the molecule is CN(C)C(=O)[C@H](CC(=O)OC(C)(C)C)NC(=O)OCC1c2ccccc2-c2ccccc21. The standard InChI is InChI=1S/C25H30N2O5/c1-25(2,3)32-22(28)14-21(23(29)27(4)5)26-24(30)31-15-20-18-12-8-6-10-16(18)17-11-7-9-13-19(17)20/h6-13,20-21H,14-15H2,1-5H3,(H,26,30)/t21-/m0/s1. The number of esters is 1. The molecule has 3 rings (SSSR count). The molecule has 0 aromatic heterocycles. The summed E-state index contributed by atoms with van der Waals surface area (Å²) >= 11 is 0. The zero-order valence-electron chi connectivity index (χ0n) is 19.2. The third-order valence-corrected chi connectivity index (χ3v) is 5.17. The molecule has 0 saturated heterocycles. The molecule has 7 nitrogen and oxygen atoms in total. The number of ether oxygens (including phenoxy) is 2. The molecule has 0 heterocycles. The number of likely N-dealkylation sites (N-methyl/N-ethyl adjacent to an activating group) is 1. The van der Waals surface area contributed by atoms with Gasteiger partial charge in [-0.2, -0.15) is 0 Å². The molecule has 170 valence electrons. The van der Waals surface area contributed by atoms with E-state index < -0.39 is 29.6 Å². The Morgan fingerprint density at radius 1 is 0.969 bits per heavy atom. The number of rotatable bonds is 6. The van der Waals surface area contributed by atoms with Gasteiger partial charge in [-0.05, 0) is 43.0 Å². The van der Waals surface area contributed by atoms with Gasteiger partial charge >= 0.3 is 12.1 Å². The first-order chi connectivity index (χ1) is 15.1. The zero-order chi connectivity index (χ0) is 23.5. The predicted octanol–water partition coefficient (Wildman–Crippen LogP) is 3.71. The van der Waals surface area contributed by atoms with Crippen LogP contribution in [0, 0.1) is 0 Å². The van der Waals surface area contributed by atoms with Crippen LogP contribution in [0.2, 0.25) is 0 Å². The highest BCUT2D eigenvalue weighted by Gasteiger charge is 2.31. The van der Waals surface area contributed by atoms with Crippen LogP contribution in [0.25, 0.3) is 11.1 Å². The fourth-order valence-electron chi connectivity index (χ4n) is 3.84. The first-order valence-corrected chi connectivity index (χ1v) is 10.6. The largest absolute Gasteiger partial charge is 0.460 e. The minimum atomic E-state index is -1.07. The summed E-state index contributed by atoms with van der Waals surface area (Å²) < 4.78 is 10.8. The molecular formula is C25H30N2O5. The van der Waals surface area contributed by atoms with Gasteiger partial charge in [-0.15, -0.1) is 0 Å². The normalized spacial score (nSPS) is 13.5. The van der Waals surface area contributed by atoms with Crippen LogP contribution in [-0.2, 0) is 19.1 Å². The maximum absolute atomic E-state index is 12.6. The van der Waals surface area contributed by atoms with E-state index in [0.717, 1.165) is 22.3 Å². The van der Waals surface area contributed by atoms with Crippen LogP contribution in [-0.4, -0.2) is 55.2 Å². The molecule has 2 aromatic carbocycles. The molecule has 0 fully saturated rings. The van der Waals surface area contributed by atoms with Gasteiger partial charge in [0.15, 0.2) is 0 Å². The minimum Gasteiger partial charge on any atom is -0.460 e. The molecule has 1 aliphatic carbocycles. The number of carbonyl (C=O) groups excluding carboxylic acids is 3. The van der Waals surface area contributed by atoms with Crippen LogP contribution in [0.1, 0.15) is 44.2 Å². The van der Waals surface area contributed by atoms with Gasteiger partial charge in [0, 0.05) is 20.0 Å². The van der Waals surface area contributed by atoms with Crippen LogP contribution >= 0.6 is 0 Å². The van der Waals surface area contributed by atoms with Crippen molar-refractivity contribution < 1.29 is 23.9 Å². The second-order valence-electron chi connectivity index (χ2n) is 9.05. The summed E-state index contributed by atoms with van der Waals surface area (Å²) in [5, 5.41) is 2.53. The van der Waals surface area contributed by atoms with E-state index in [-0.39, 0.29) is 18.9 Å². The van der Waals surface area contributed by atoms with Crippen molar-refractivity contribution in [2.24, 2.45) is 0 Å². The van der Waals surface area contributed by atoms with Crippen molar-refractivity contribution in [1.29, 1.82) is 0 Å². The molecule has 2 amide bonds. The number of nitrogens with zero attached hydrogens (tertiary/aromatic N) is 1. The first-order valence-electron chi connectivity index (χ1n) is 10.6. The lowest BCUT2D eigenvalue weighted by Crippen LogP contribution is -2.48. The summed E-state index contributed by atoms with van der Waals surface area (Å²) in [6.45, 7) is 5.35. The predicted molar refractivity (Wildman–Crippen MR) is 121 cm³/mol. The van der Waals surface area contributed by atoms with E-state index >= 15 is 0 Å². The number of benzene rings is 2. The second kappa shape index (κ2) is 9.42. The molecular weight excluding hydrogens is 408 g/mol. The molecule has 32 heavy (non-hydrogen) atoms. The summed E-state index contributed by atoms with van der Waals surface area (Å²) in [7, 11) is 3.12. The molecule has 0 radical (unpaired) electrons. The Morgan fingerprint density at radius 3 is 2.00 bits per heavy atom. The van der Waals surface area contributed by atoms with E-state index in [2.05, 4.69) is 17.4 Å². The van der Waals surface area contributed by atoms with Crippen LogP contribution < -0.4 is 5.32 Å². The molecule has 1 atom stereocenters. The van der Waals surface area contributed by atoms with Crippen molar-refractivity contribution in [2.75, 3.05) is 20.7 Å². The van der Waals surface area contributed by atoms with Gasteiger partial charge in [-0.3, -0.25) is 9.59 Å². The number of amides is 2. The van der Waals surface area contributed by atoms with Crippen LogP contribution in [0.3, 0.4) is 0 Å². The average molecular weight is 439 g/mol. The number of alkyl carbamates (subject to hydrolysis) is 1. The maximum atomic E-state index is 12.6. The number of fused-ring (bicyclic) bond motifs is 3. The van der Waals surface area contributed by atoms with Gasteiger partial charge in [-0.1, -0.05) is 48.5 Å². The van der Waals surface area contributed by atoms with Crippen LogP contribution in [0.4, 0.5) is 4.79 Å². The quantitative estimate of drug-likeness (QED) is 0.695. The molecule has 0 saturated carbocycles. The smallest absolute Gasteiger partial charge is 0.407 e. The van der Waals surface area contributed by atoms with Gasteiger partial charge in [0.05, 0.1) is 6.42 Å². The van der Waals surface area contributed by atoms with E-state index in [4.69, 9.17) is 9.47 Å². The van der Waals surface area contributed by atoms with Crippen molar-refractivity contribution in [2.45, 2.75) is 44.8 Å². The van der Waals surface area contributed by atoms with Gasteiger partial charge in [0.25, 0.3) is 0 Å². The highest BCUT2D eigenvalue weighted by molar-refractivity contribution is 5.89. The molecule has 2 aromatic rings. The van der Waals surface area contributed by atoms with Crippen molar-refractivity contribution in [1.82, 2.24) is 10.2 Å². The zero-order valence-corrected chi connectivity index (χ0v) is 19.2. The van der Waals surface area contributed by atoms with Crippen LogP contribution in [0.15, 0.2) is 48.5 Å². The third kappa shape index (κ3) is 5.46. The average Bonchev–Trinajstić information content (AvgIpc) is 3.03. The molecule has 0 spiro atoms. The van der Waals surface area contributed by atoms with Crippen molar-refractivity contribution in [3.8, 4) is 11.1 Å². The van der Waals surface area contributed by atoms with Crippen molar-refractivity contribution in [3.63, 3.8) is 0 Å². The summed E-state index contributed by atoms with van der Waals surface area (Å²) in [4.78, 5) is 38.6. The maximum Gasteiger partial charge on any atom is 0.407 e. The van der Waals surface area contributed by atoms with E-state index in [1.54, 1.807) is 34.9 Å². The Bertz CT molecular complexity index is 964. The lowest BCUT2D eigenvalue weighted by molar-refractivity contribution is -0.157. The van der Waals surface area contributed by atoms with Crippen molar-refractivity contribution >= 4 is 18.0 Å². The Hall–Kier alpha value is -3.35. The summed E-state index contributed by atoms with van der Waals surface area (Å²) in [6.07, 6.45) is -1.03. The van der Waals surface area contributed by atoms with Gasteiger partial charge in [-0.25, -0.2) is 4.79 Å². The Morgan fingerprint density at radius 2 is 1.50 bits per heavy atom. The minimum absolute atomic E-state index is 0.0954. The number of hydrogen-bond donors (Lipinski definition) is 1. The topological polar surface area (TPSA) is 84.9 Å². The van der Waals surface area contributed by atoms with Crippen LogP contribution in [0.5, 0.6) is 0 Å². The molecule has 0 bridgehead atoms. The lowest BCUT2D eigenvalue weighted by Gasteiger charge is -2.24. The fraction of sp³-hybridized carbons (Fsp3) is 0.400. The summed E-state index contributed by atoms with van der Waals surface area (Å²) in [5.74, 6) is -1.08. The number of carbonyl (C=O) groups is 3. The van der Waals surface area contributed by atoms with Gasteiger partial charge in [0.1, 0.15) is 18.2 Å². The number of hydrogen-bond acceptors (Lipinski definition) is 5. The molecule has 7 heteroatoms. The highest BCUT2D eigenvalue weighted by Crippen LogP contribution is 2.44. The summed E-state index contributed by atoms with van der Waals surface area (Å²) in [5.41, 5.74) is 3.75. The molecule has 1 N–H and O–H groups in total. The first kappa shape index (κ1) is 23.3. The Labute approximate surface area is 188 Å². The van der Waals surface area contributed by atoms with E-state index in [1.165, 1.54) is 4.90 Å². The Balaban J connectivity index is 1.68. The highest BCUT2D eigenvalue weighted by atomic mass is 16.6.